The van der Waals surface area contributed by atoms with E-state index < -0.39 is 29.6 Å². The van der Waals surface area contributed by atoms with Crippen LogP contribution in [0.25, 0.3) is 33.4 Å². The molecule has 0 spiro atoms. The number of aromatic carboxylic acids is 1. The predicted molar refractivity (Wildman–Crippen MR) is 182 cm³/mol. The summed E-state index contributed by atoms with van der Waals surface area (Å²) in [4.78, 5) is 49.8. The molecular formula is C37H32N4O8. The Morgan fingerprint density at radius 3 is 2.22 bits per heavy atom. The maximum absolute atomic E-state index is 13.2. The third kappa shape index (κ3) is 6.52. The highest BCUT2D eigenvalue weighted by atomic mass is 16.7. The SMILES string of the molecule is CCN=c1ccc2c(-c3ccc(C(=O)NCc4ccc(C(=O)On5c(O)ccc5O)cc4)cc3C(=O)O)c3ccc(N(C)C)cc3oc-2c1. The van der Waals surface area contributed by atoms with Crippen LogP contribution in [0.3, 0.4) is 0 Å². The minimum Gasteiger partial charge on any atom is -0.492 e. The Morgan fingerprint density at radius 2 is 1.55 bits per heavy atom. The number of aromatic nitrogens is 1. The monoisotopic (exact) mass is 660 g/mol. The molecule has 2 heterocycles. The molecule has 1 aromatic heterocycles. The van der Waals surface area contributed by atoms with Crippen LogP contribution in [-0.2, 0) is 6.54 Å². The molecule has 248 valence electrons. The van der Waals surface area contributed by atoms with Crippen molar-refractivity contribution >= 4 is 34.5 Å². The van der Waals surface area contributed by atoms with E-state index in [4.69, 9.17) is 9.25 Å². The highest BCUT2D eigenvalue weighted by molar-refractivity contribution is 6.09. The van der Waals surface area contributed by atoms with Crippen molar-refractivity contribution in [2.24, 2.45) is 4.99 Å². The van der Waals surface area contributed by atoms with Gasteiger partial charge in [-0.25, -0.2) is 9.59 Å². The third-order valence-corrected chi connectivity index (χ3v) is 7.94. The third-order valence-electron chi connectivity index (χ3n) is 7.94. The molecule has 49 heavy (non-hydrogen) atoms. The fourth-order valence-electron chi connectivity index (χ4n) is 5.47. The van der Waals surface area contributed by atoms with Gasteiger partial charge >= 0.3 is 11.9 Å². The van der Waals surface area contributed by atoms with E-state index in [0.717, 1.165) is 11.0 Å². The van der Waals surface area contributed by atoms with Crippen LogP contribution >= 0.6 is 0 Å². The predicted octanol–water partition coefficient (Wildman–Crippen LogP) is 5.30. The molecular weight excluding hydrogens is 628 g/mol. The number of hydrogen-bond acceptors (Lipinski definition) is 9. The molecule has 1 aliphatic heterocycles. The van der Waals surface area contributed by atoms with Crippen molar-refractivity contribution in [1.82, 2.24) is 10.0 Å². The maximum Gasteiger partial charge on any atom is 0.363 e. The van der Waals surface area contributed by atoms with Gasteiger partial charge in [0.15, 0.2) is 0 Å². The minimum absolute atomic E-state index is 0.0527. The van der Waals surface area contributed by atoms with Crippen molar-refractivity contribution in [3.05, 3.63) is 119 Å². The van der Waals surface area contributed by atoms with Crippen LogP contribution in [0.4, 0.5) is 5.69 Å². The molecule has 0 atom stereocenters. The first-order chi connectivity index (χ1) is 23.5. The first-order valence-corrected chi connectivity index (χ1v) is 15.3. The molecule has 3 aromatic carbocycles. The van der Waals surface area contributed by atoms with Crippen LogP contribution in [0, 0.1) is 0 Å². The van der Waals surface area contributed by atoms with Gasteiger partial charge in [-0.05, 0) is 66.6 Å². The summed E-state index contributed by atoms with van der Waals surface area (Å²) >= 11 is 0. The topological polar surface area (TPSA) is 167 Å². The number of carbonyl (C=O) groups excluding carboxylic acids is 2. The first kappa shape index (κ1) is 32.4. The zero-order valence-electron chi connectivity index (χ0n) is 26.8. The smallest absolute Gasteiger partial charge is 0.363 e. The van der Waals surface area contributed by atoms with Crippen molar-refractivity contribution in [3.8, 4) is 34.2 Å². The van der Waals surface area contributed by atoms with Crippen LogP contribution in [0.5, 0.6) is 11.8 Å². The van der Waals surface area contributed by atoms with Crippen LogP contribution < -0.4 is 20.4 Å². The van der Waals surface area contributed by atoms with E-state index in [9.17, 15) is 29.7 Å². The van der Waals surface area contributed by atoms with Crippen LogP contribution in [0.2, 0.25) is 0 Å². The molecule has 0 saturated heterocycles. The van der Waals surface area contributed by atoms with Crippen LogP contribution in [0.15, 0.2) is 100 Å². The van der Waals surface area contributed by atoms with Crippen molar-refractivity contribution in [1.29, 1.82) is 0 Å². The van der Waals surface area contributed by atoms with Gasteiger partial charge in [0.05, 0.1) is 16.5 Å². The average molecular weight is 661 g/mol. The lowest BCUT2D eigenvalue weighted by Crippen LogP contribution is -2.23. The Kier molecular flexibility index (Phi) is 8.78. The number of amides is 1. The van der Waals surface area contributed by atoms with E-state index in [-0.39, 0.29) is 23.2 Å². The zero-order chi connectivity index (χ0) is 34.8. The van der Waals surface area contributed by atoms with Gasteiger partial charge in [0.1, 0.15) is 11.3 Å². The van der Waals surface area contributed by atoms with Crippen LogP contribution in [0.1, 0.15) is 43.6 Å². The molecule has 2 aliphatic rings. The Labute approximate surface area is 280 Å². The van der Waals surface area contributed by atoms with E-state index in [1.54, 1.807) is 24.3 Å². The number of carbonyl (C=O) groups is 3. The van der Waals surface area contributed by atoms with E-state index in [0.29, 0.717) is 50.3 Å². The van der Waals surface area contributed by atoms with Crippen molar-refractivity contribution in [2.45, 2.75) is 13.5 Å². The zero-order valence-corrected chi connectivity index (χ0v) is 26.8. The fraction of sp³-hybridized carbons (Fsp3) is 0.135. The Bertz CT molecular complexity index is 2250. The summed E-state index contributed by atoms with van der Waals surface area (Å²) in [6.45, 7) is 2.62. The van der Waals surface area contributed by atoms with E-state index in [1.807, 2.05) is 62.3 Å². The van der Waals surface area contributed by atoms with Gasteiger partial charge in [-0.15, -0.1) is 4.73 Å². The lowest BCUT2D eigenvalue weighted by atomic mass is 9.89. The Morgan fingerprint density at radius 1 is 0.857 bits per heavy atom. The second kappa shape index (κ2) is 13.3. The number of nitrogens with one attached hydrogen (secondary N) is 1. The molecule has 4 N–H and O–H groups in total. The summed E-state index contributed by atoms with van der Waals surface area (Å²) in [5, 5.41) is 34.0. The lowest BCUT2D eigenvalue weighted by molar-refractivity contribution is 0.0381. The molecule has 0 unspecified atom stereocenters. The van der Waals surface area contributed by atoms with E-state index >= 15 is 0 Å². The van der Waals surface area contributed by atoms with Gasteiger partial charge in [0, 0.05) is 79.2 Å². The maximum atomic E-state index is 13.2. The number of nitrogens with zero attached hydrogens (tertiary/aromatic N) is 3. The molecule has 4 aromatic rings. The number of rotatable bonds is 9. The summed E-state index contributed by atoms with van der Waals surface area (Å²) in [6.07, 6.45) is 0. The summed E-state index contributed by atoms with van der Waals surface area (Å²) < 4.78 is 6.92. The molecule has 0 fully saturated rings. The highest BCUT2D eigenvalue weighted by Crippen LogP contribution is 2.42. The molecule has 0 saturated carbocycles. The minimum atomic E-state index is -1.20. The molecule has 12 nitrogen and oxygen atoms in total. The van der Waals surface area contributed by atoms with Gasteiger partial charge in [0.25, 0.3) is 5.91 Å². The van der Waals surface area contributed by atoms with Gasteiger partial charge in [-0.1, -0.05) is 18.2 Å². The molecule has 6 rings (SSSR count). The van der Waals surface area contributed by atoms with Crippen molar-refractivity contribution in [2.75, 3.05) is 25.5 Å². The lowest BCUT2D eigenvalue weighted by Gasteiger charge is -2.19. The highest BCUT2D eigenvalue weighted by Gasteiger charge is 2.23. The standard InChI is InChI=1S/C37H32N4O8/c1-4-38-24-10-13-27-30(18-24)48-31-19-25(40(2)3)11-14-28(31)34(27)26-12-9-23(17-29(26)36(45)46)35(44)39-20-21-5-7-22(8-6-21)37(47)49-41-32(42)15-16-33(41)43/h5-19,42-43H,4,20H2,1-3H3,(H,39,44)(H,45,46). The number of carboxylic acids is 1. The fourth-order valence-corrected chi connectivity index (χ4v) is 5.47. The summed E-state index contributed by atoms with van der Waals surface area (Å²) in [5.41, 5.74) is 4.18. The number of fused-ring (bicyclic) bond motifs is 2. The van der Waals surface area contributed by atoms with Gasteiger partial charge in [-0.2, -0.15) is 0 Å². The normalized spacial score (nSPS) is 11.5. The average Bonchev–Trinajstić information content (AvgIpc) is 3.41. The number of aromatic hydroxyl groups is 2. The quantitative estimate of drug-likeness (QED) is 0.151. The number of benzene rings is 4. The number of hydrogen-bond donors (Lipinski definition) is 4. The summed E-state index contributed by atoms with van der Waals surface area (Å²) in [6, 6.07) is 24.4. The van der Waals surface area contributed by atoms with Gasteiger partial charge in [-0.3, -0.25) is 9.79 Å². The van der Waals surface area contributed by atoms with E-state index in [2.05, 4.69) is 10.3 Å². The molecule has 0 bridgehead atoms. The molecule has 0 radical (unpaired) electrons. The van der Waals surface area contributed by atoms with Gasteiger partial charge in [0.2, 0.25) is 11.8 Å². The number of carboxylic acid groups (broad SMARTS) is 1. The Balaban J connectivity index is 1.28. The number of anilines is 1. The molecule has 12 heteroatoms. The molecule has 1 amide bonds. The van der Waals surface area contributed by atoms with Crippen LogP contribution in [-0.4, -0.2) is 58.5 Å². The van der Waals surface area contributed by atoms with Crippen molar-refractivity contribution < 1.29 is 39.0 Å². The largest absolute Gasteiger partial charge is 0.492 e. The van der Waals surface area contributed by atoms with Gasteiger partial charge < -0.3 is 34.8 Å². The second-order valence-corrected chi connectivity index (χ2v) is 11.4. The Hall–Kier alpha value is -6.56. The summed E-state index contributed by atoms with van der Waals surface area (Å²) in [5.74, 6) is -2.84. The molecule has 1 aliphatic carbocycles. The van der Waals surface area contributed by atoms with E-state index in [1.165, 1.54) is 30.3 Å². The second-order valence-electron chi connectivity index (χ2n) is 11.4. The summed E-state index contributed by atoms with van der Waals surface area (Å²) in [7, 11) is 3.84. The van der Waals surface area contributed by atoms with Crippen molar-refractivity contribution in [3.63, 3.8) is 0 Å². The first-order valence-electron chi connectivity index (χ1n) is 15.3.